The van der Waals surface area contributed by atoms with Gasteiger partial charge in [0.05, 0.1) is 5.92 Å². The van der Waals surface area contributed by atoms with Crippen molar-refractivity contribution in [1.29, 1.82) is 0 Å². The van der Waals surface area contributed by atoms with Crippen LogP contribution < -0.4 is 4.74 Å². The molecule has 0 atom stereocenters. The molecule has 1 saturated heterocycles. The van der Waals surface area contributed by atoms with E-state index in [2.05, 4.69) is 0 Å². The van der Waals surface area contributed by atoms with Crippen molar-refractivity contribution in [1.82, 2.24) is 4.90 Å². The summed E-state index contributed by atoms with van der Waals surface area (Å²) in [5.74, 6) is 1.58. The molecule has 0 spiro atoms. The molecule has 4 rings (SSSR count). The Labute approximate surface area is 130 Å². The molecule has 2 aliphatic rings. The van der Waals surface area contributed by atoms with Gasteiger partial charge in [-0.1, -0.05) is 36.4 Å². The molecular weight excluding hydrogens is 274 g/mol. The van der Waals surface area contributed by atoms with Crippen molar-refractivity contribution in [3.8, 4) is 11.5 Å². The van der Waals surface area contributed by atoms with E-state index in [1.807, 2.05) is 53.4 Å². The van der Waals surface area contributed by atoms with Crippen molar-refractivity contribution >= 4 is 5.91 Å². The molecule has 0 aliphatic carbocycles. The summed E-state index contributed by atoms with van der Waals surface area (Å²) in [4.78, 5) is 15.2. The second kappa shape index (κ2) is 5.48. The molecule has 2 aliphatic heterocycles. The summed E-state index contributed by atoms with van der Waals surface area (Å²) in [7, 11) is 0. The Bertz CT molecular complexity index is 659. The minimum atomic E-state index is -0.237. The number of amides is 1. The highest BCUT2D eigenvalue weighted by Gasteiger charge is 2.35. The van der Waals surface area contributed by atoms with E-state index in [1.54, 1.807) is 0 Å². The molecule has 0 bridgehead atoms. The maximum absolute atomic E-state index is 13.1. The van der Waals surface area contributed by atoms with E-state index in [-0.39, 0.29) is 11.8 Å². The van der Waals surface area contributed by atoms with E-state index in [1.165, 1.54) is 6.42 Å². The van der Waals surface area contributed by atoms with Gasteiger partial charge < -0.3 is 9.64 Å². The number of para-hydroxylation sites is 2. The van der Waals surface area contributed by atoms with Gasteiger partial charge in [0.1, 0.15) is 11.5 Å². The number of carbonyl (C=O) groups is 1. The average molecular weight is 293 g/mol. The van der Waals surface area contributed by atoms with Crippen molar-refractivity contribution in [2.75, 3.05) is 13.1 Å². The number of fused-ring (bicyclic) bond motifs is 2. The van der Waals surface area contributed by atoms with Gasteiger partial charge in [-0.15, -0.1) is 0 Å². The van der Waals surface area contributed by atoms with Crippen molar-refractivity contribution < 1.29 is 9.53 Å². The maximum atomic E-state index is 13.1. The fraction of sp³-hybridized carbons (Fsp3) is 0.316. The third-order valence-electron chi connectivity index (χ3n) is 4.59. The molecule has 0 unspecified atom stereocenters. The Kier molecular flexibility index (Phi) is 3.34. The molecule has 2 heterocycles. The number of ether oxygens (including phenoxy) is 1. The summed E-state index contributed by atoms with van der Waals surface area (Å²) in [6.45, 7) is 1.75. The lowest BCUT2D eigenvalue weighted by molar-refractivity contribution is -0.132. The van der Waals surface area contributed by atoms with Crippen molar-refractivity contribution in [3.05, 3.63) is 59.7 Å². The second-order valence-corrected chi connectivity index (χ2v) is 6.00. The molecule has 0 radical (unpaired) electrons. The van der Waals surface area contributed by atoms with E-state index >= 15 is 0 Å². The van der Waals surface area contributed by atoms with Crippen molar-refractivity contribution in [2.24, 2.45) is 0 Å². The molecule has 0 aromatic heterocycles. The predicted molar refractivity (Wildman–Crippen MR) is 85.2 cm³/mol. The van der Waals surface area contributed by atoms with Gasteiger partial charge in [-0.05, 0) is 31.4 Å². The number of piperidine rings is 1. The minimum Gasteiger partial charge on any atom is -0.457 e. The van der Waals surface area contributed by atoms with Gasteiger partial charge in [-0.2, -0.15) is 0 Å². The monoisotopic (exact) mass is 293 g/mol. The van der Waals surface area contributed by atoms with Crippen LogP contribution >= 0.6 is 0 Å². The molecule has 22 heavy (non-hydrogen) atoms. The van der Waals surface area contributed by atoms with Crippen molar-refractivity contribution in [2.45, 2.75) is 25.2 Å². The fourth-order valence-electron chi connectivity index (χ4n) is 3.47. The number of nitrogens with zero attached hydrogens (tertiary/aromatic N) is 1. The molecule has 2 aromatic carbocycles. The normalized spacial score (nSPS) is 17.4. The first-order valence-corrected chi connectivity index (χ1v) is 7.99. The Balaban J connectivity index is 1.78. The van der Waals surface area contributed by atoms with Gasteiger partial charge >= 0.3 is 0 Å². The fourth-order valence-corrected chi connectivity index (χ4v) is 3.47. The summed E-state index contributed by atoms with van der Waals surface area (Å²) in [6, 6.07) is 15.8. The van der Waals surface area contributed by atoms with Gasteiger partial charge in [-0.3, -0.25) is 4.79 Å². The molecule has 1 amide bonds. The summed E-state index contributed by atoms with van der Waals surface area (Å²) < 4.78 is 5.97. The van der Waals surface area contributed by atoms with E-state index < -0.39 is 0 Å². The largest absolute Gasteiger partial charge is 0.457 e. The molecule has 3 nitrogen and oxygen atoms in total. The number of rotatable bonds is 1. The Morgan fingerprint density at radius 2 is 1.41 bits per heavy atom. The first-order chi connectivity index (χ1) is 10.8. The zero-order valence-corrected chi connectivity index (χ0v) is 12.5. The quantitative estimate of drug-likeness (QED) is 0.797. The van der Waals surface area contributed by atoms with Crippen LogP contribution in [0, 0.1) is 0 Å². The van der Waals surface area contributed by atoms with Crippen LogP contribution in [0.4, 0.5) is 0 Å². The highest BCUT2D eigenvalue weighted by molar-refractivity contribution is 5.89. The Morgan fingerprint density at radius 3 is 2.00 bits per heavy atom. The highest BCUT2D eigenvalue weighted by Crippen LogP contribution is 2.44. The third-order valence-corrected chi connectivity index (χ3v) is 4.59. The summed E-state index contributed by atoms with van der Waals surface area (Å²) in [5, 5.41) is 0. The third kappa shape index (κ3) is 2.17. The summed E-state index contributed by atoms with van der Waals surface area (Å²) in [5.41, 5.74) is 1.97. The highest BCUT2D eigenvalue weighted by atomic mass is 16.5. The zero-order valence-electron chi connectivity index (χ0n) is 12.5. The van der Waals surface area contributed by atoms with Crippen LogP contribution in [0.1, 0.15) is 36.3 Å². The number of likely N-dealkylation sites (tertiary alicyclic amines) is 1. The van der Waals surface area contributed by atoms with Crippen LogP contribution in [0.2, 0.25) is 0 Å². The molecule has 112 valence electrons. The lowest BCUT2D eigenvalue weighted by atomic mass is 9.86. The number of hydrogen-bond acceptors (Lipinski definition) is 2. The van der Waals surface area contributed by atoms with Gasteiger partial charge in [0.15, 0.2) is 0 Å². The lowest BCUT2D eigenvalue weighted by Crippen LogP contribution is -2.39. The smallest absolute Gasteiger partial charge is 0.234 e. The van der Waals surface area contributed by atoms with Crippen LogP contribution in [0.15, 0.2) is 48.5 Å². The van der Waals surface area contributed by atoms with Crippen LogP contribution in [0.5, 0.6) is 11.5 Å². The molecule has 2 aromatic rings. The number of hydrogen-bond donors (Lipinski definition) is 0. The summed E-state index contributed by atoms with van der Waals surface area (Å²) >= 11 is 0. The average Bonchev–Trinajstić information content (AvgIpc) is 2.60. The maximum Gasteiger partial charge on any atom is 0.234 e. The molecule has 0 N–H and O–H groups in total. The predicted octanol–water partition coefficient (Wildman–Crippen LogP) is 3.94. The van der Waals surface area contributed by atoms with Gasteiger partial charge in [0.2, 0.25) is 5.91 Å². The van der Waals surface area contributed by atoms with Gasteiger partial charge in [-0.25, -0.2) is 0 Å². The number of carbonyl (C=O) groups excluding carboxylic acids is 1. The van der Waals surface area contributed by atoms with Crippen LogP contribution in [-0.2, 0) is 4.79 Å². The van der Waals surface area contributed by atoms with Crippen molar-refractivity contribution in [3.63, 3.8) is 0 Å². The molecular formula is C19H19NO2. The molecule has 3 heteroatoms. The molecule has 0 saturated carbocycles. The van der Waals surface area contributed by atoms with E-state index in [4.69, 9.17) is 4.74 Å². The van der Waals surface area contributed by atoms with Crippen LogP contribution in [-0.4, -0.2) is 23.9 Å². The second-order valence-electron chi connectivity index (χ2n) is 6.00. The van der Waals surface area contributed by atoms with E-state index in [9.17, 15) is 4.79 Å². The Hall–Kier alpha value is -2.29. The summed E-state index contributed by atoms with van der Waals surface area (Å²) in [6.07, 6.45) is 3.45. The molecule has 1 fully saturated rings. The number of benzene rings is 2. The van der Waals surface area contributed by atoms with Crippen LogP contribution in [0.25, 0.3) is 0 Å². The van der Waals surface area contributed by atoms with E-state index in [0.717, 1.165) is 48.6 Å². The first-order valence-electron chi connectivity index (χ1n) is 7.99. The zero-order chi connectivity index (χ0) is 14.9. The first kappa shape index (κ1) is 13.4. The van der Waals surface area contributed by atoms with E-state index in [0.29, 0.717) is 0 Å². The minimum absolute atomic E-state index is 0.211. The van der Waals surface area contributed by atoms with Crippen LogP contribution in [0.3, 0.4) is 0 Å². The van der Waals surface area contributed by atoms with Gasteiger partial charge in [0.25, 0.3) is 0 Å². The SMILES string of the molecule is O=C(C1c2ccccc2Oc2ccccc21)N1CCCCC1. The lowest BCUT2D eigenvalue weighted by Gasteiger charge is -2.33. The topological polar surface area (TPSA) is 29.5 Å². The standard InChI is InChI=1S/C19H19NO2/c21-19(20-12-6-1-7-13-20)18-14-8-2-4-10-16(14)22-17-11-5-3-9-15(17)18/h2-5,8-11,18H,1,6-7,12-13H2. The van der Waals surface area contributed by atoms with Gasteiger partial charge in [0, 0.05) is 24.2 Å². The Morgan fingerprint density at radius 1 is 0.864 bits per heavy atom.